The minimum absolute atomic E-state index is 0.109. The molecule has 1 aliphatic rings. The van der Waals surface area contributed by atoms with Crippen LogP contribution < -0.4 is 5.73 Å². The largest absolute Gasteiger partial charge is 0.330 e. The lowest BCUT2D eigenvalue weighted by atomic mass is 9.81. The molecule has 0 aromatic rings. The van der Waals surface area contributed by atoms with Crippen LogP contribution in [0.4, 0.5) is 0 Å². The van der Waals surface area contributed by atoms with E-state index in [1.807, 2.05) is 0 Å². The van der Waals surface area contributed by atoms with Crippen LogP contribution in [0.1, 0.15) is 19.8 Å². The molecule has 6 heteroatoms. The van der Waals surface area contributed by atoms with Gasteiger partial charge >= 0.3 is 0 Å². The van der Waals surface area contributed by atoms with Crippen molar-refractivity contribution in [2.24, 2.45) is 11.1 Å². The highest BCUT2D eigenvalue weighted by molar-refractivity contribution is 7.86. The third kappa shape index (κ3) is 2.69. The average molecular weight is 235 g/mol. The van der Waals surface area contributed by atoms with Crippen LogP contribution in [-0.2, 0) is 10.2 Å². The average Bonchev–Trinajstić information content (AvgIpc) is 2.18. The highest BCUT2D eigenvalue weighted by Gasteiger charge is 2.34. The predicted octanol–water partition coefficient (Wildman–Crippen LogP) is -0.146. The Morgan fingerprint density at radius 2 is 1.80 bits per heavy atom. The van der Waals surface area contributed by atoms with Gasteiger partial charge in [0, 0.05) is 27.2 Å². The van der Waals surface area contributed by atoms with Crippen LogP contribution in [0.3, 0.4) is 0 Å². The summed E-state index contributed by atoms with van der Waals surface area (Å²) in [6.45, 7) is 3.90. The molecule has 5 nitrogen and oxygen atoms in total. The summed E-state index contributed by atoms with van der Waals surface area (Å²) in [6, 6.07) is 0. The number of rotatable bonds is 3. The van der Waals surface area contributed by atoms with Gasteiger partial charge < -0.3 is 5.73 Å². The minimum Gasteiger partial charge on any atom is -0.330 e. The highest BCUT2D eigenvalue weighted by Crippen LogP contribution is 2.30. The zero-order valence-corrected chi connectivity index (χ0v) is 10.5. The van der Waals surface area contributed by atoms with Crippen LogP contribution in [0.25, 0.3) is 0 Å². The SMILES string of the molecule is CN(C)S(=O)(=O)N1CCC(C)(CN)CC1. The number of hydrogen-bond donors (Lipinski definition) is 1. The summed E-state index contributed by atoms with van der Waals surface area (Å²) >= 11 is 0. The molecule has 1 fully saturated rings. The molecule has 1 saturated heterocycles. The Morgan fingerprint density at radius 3 is 2.13 bits per heavy atom. The van der Waals surface area contributed by atoms with E-state index in [4.69, 9.17) is 5.73 Å². The Balaban J connectivity index is 2.66. The van der Waals surface area contributed by atoms with Crippen molar-refractivity contribution in [3.63, 3.8) is 0 Å². The molecule has 1 rings (SSSR count). The van der Waals surface area contributed by atoms with Gasteiger partial charge in [0.05, 0.1) is 0 Å². The minimum atomic E-state index is -3.23. The van der Waals surface area contributed by atoms with E-state index in [1.165, 1.54) is 8.61 Å². The molecule has 1 aliphatic heterocycles. The lowest BCUT2D eigenvalue weighted by Gasteiger charge is -2.38. The molecule has 0 aliphatic carbocycles. The van der Waals surface area contributed by atoms with Gasteiger partial charge in [-0.25, -0.2) is 0 Å². The van der Waals surface area contributed by atoms with Crippen LogP contribution in [0, 0.1) is 5.41 Å². The van der Waals surface area contributed by atoms with E-state index in [0.29, 0.717) is 19.6 Å². The predicted molar refractivity (Wildman–Crippen MR) is 60.6 cm³/mol. The smallest absolute Gasteiger partial charge is 0.281 e. The zero-order valence-electron chi connectivity index (χ0n) is 9.73. The normalized spacial score (nSPS) is 23.3. The second kappa shape index (κ2) is 4.37. The molecule has 0 bridgehead atoms. The standard InChI is InChI=1S/C9H21N3O2S/c1-9(8-10)4-6-12(7-5-9)15(13,14)11(2)3/h4-8,10H2,1-3H3. The van der Waals surface area contributed by atoms with E-state index in [0.717, 1.165) is 12.8 Å². The summed E-state index contributed by atoms with van der Waals surface area (Å²) in [5, 5.41) is 0. The molecular weight excluding hydrogens is 214 g/mol. The third-order valence-electron chi connectivity index (χ3n) is 3.21. The molecule has 0 radical (unpaired) electrons. The van der Waals surface area contributed by atoms with Gasteiger partial charge in [0.1, 0.15) is 0 Å². The lowest BCUT2D eigenvalue weighted by Crippen LogP contribution is -2.48. The molecule has 90 valence electrons. The van der Waals surface area contributed by atoms with Crippen LogP contribution in [0.2, 0.25) is 0 Å². The van der Waals surface area contributed by atoms with E-state index >= 15 is 0 Å². The molecule has 0 amide bonds. The Morgan fingerprint density at radius 1 is 1.33 bits per heavy atom. The van der Waals surface area contributed by atoms with Crippen molar-refractivity contribution in [1.29, 1.82) is 0 Å². The maximum Gasteiger partial charge on any atom is 0.281 e. The van der Waals surface area contributed by atoms with Gasteiger partial charge in [-0.1, -0.05) is 6.92 Å². The van der Waals surface area contributed by atoms with Crippen LogP contribution in [0.5, 0.6) is 0 Å². The monoisotopic (exact) mass is 235 g/mol. The summed E-state index contributed by atoms with van der Waals surface area (Å²) in [6.07, 6.45) is 1.69. The zero-order chi connectivity index (χ0) is 11.7. The van der Waals surface area contributed by atoms with Gasteiger partial charge in [0.2, 0.25) is 0 Å². The van der Waals surface area contributed by atoms with E-state index in [9.17, 15) is 8.42 Å². The molecule has 1 heterocycles. The highest BCUT2D eigenvalue weighted by atomic mass is 32.2. The topological polar surface area (TPSA) is 66.6 Å². The van der Waals surface area contributed by atoms with Crippen molar-refractivity contribution in [3.05, 3.63) is 0 Å². The van der Waals surface area contributed by atoms with Crippen molar-refractivity contribution in [2.45, 2.75) is 19.8 Å². The van der Waals surface area contributed by atoms with Crippen molar-refractivity contribution in [2.75, 3.05) is 33.7 Å². The Bertz CT molecular complexity index is 305. The second-order valence-electron chi connectivity index (χ2n) is 4.70. The molecule has 0 aromatic carbocycles. The summed E-state index contributed by atoms with van der Waals surface area (Å²) in [5.74, 6) is 0. The van der Waals surface area contributed by atoms with E-state index in [2.05, 4.69) is 6.92 Å². The molecule has 0 spiro atoms. The van der Waals surface area contributed by atoms with Crippen LogP contribution in [0.15, 0.2) is 0 Å². The Kier molecular flexibility index (Phi) is 3.76. The molecule has 0 aromatic heterocycles. The Hall–Kier alpha value is -0.170. The quantitative estimate of drug-likeness (QED) is 0.740. The van der Waals surface area contributed by atoms with Gasteiger partial charge in [-0.05, 0) is 24.8 Å². The van der Waals surface area contributed by atoms with Crippen LogP contribution in [-0.4, -0.2) is 50.8 Å². The van der Waals surface area contributed by atoms with Crippen molar-refractivity contribution < 1.29 is 8.42 Å². The fraction of sp³-hybridized carbons (Fsp3) is 1.00. The molecule has 2 N–H and O–H groups in total. The van der Waals surface area contributed by atoms with Gasteiger partial charge in [0.15, 0.2) is 0 Å². The lowest BCUT2D eigenvalue weighted by molar-refractivity contribution is 0.178. The van der Waals surface area contributed by atoms with Crippen molar-refractivity contribution in [1.82, 2.24) is 8.61 Å². The first kappa shape index (κ1) is 12.9. The number of piperidine rings is 1. The van der Waals surface area contributed by atoms with Crippen LogP contribution >= 0.6 is 0 Å². The third-order valence-corrected chi connectivity index (χ3v) is 5.15. The van der Waals surface area contributed by atoms with E-state index in [-0.39, 0.29) is 5.41 Å². The fourth-order valence-corrected chi connectivity index (χ4v) is 2.80. The number of nitrogens with zero attached hydrogens (tertiary/aromatic N) is 2. The Labute approximate surface area is 92.4 Å². The van der Waals surface area contributed by atoms with E-state index < -0.39 is 10.2 Å². The molecule has 0 unspecified atom stereocenters. The fourth-order valence-electron chi connectivity index (χ4n) is 1.69. The summed E-state index contributed by atoms with van der Waals surface area (Å²) in [7, 11) is -0.109. The summed E-state index contributed by atoms with van der Waals surface area (Å²) in [5.41, 5.74) is 5.78. The summed E-state index contributed by atoms with van der Waals surface area (Å²) < 4.78 is 26.4. The molecule has 0 saturated carbocycles. The van der Waals surface area contributed by atoms with Gasteiger partial charge in [-0.3, -0.25) is 0 Å². The van der Waals surface area contributed by atoms with Crippen molar-refractivity contribution >= 4 is 10.2 Å². The summed E-state index contributed by atoms with van der Waals surface area (Å²) in [4.78, 5) is 0. The van der Waals surface area contributed by atoms with Gasteiger partial charge in [0.25, 0.3) is 10.2 Å². The molecular formula is C9H21N3O2S. The van der Waals surface area contributed by atoms with Gasteiger partial charge in [-0.2, -0.15) is 17.0 Å². The van der Waals surface area contributed by atoms with E-state index in [1.54, 1.807) is 14.1 Å². The first-order chi connectivity index (χ1) is 6.82. The molecule has 15 heavy (non-hydrogen) atoms. The van der Waals surface area contributed by atoms with Crippen molar-refractivity contribution in [3.8, 4) is 0 Å². The molecule has 0 atom stereocenters. The second-order valence-corrected chi connectivity index (χ2v) is 6.85. The number of nitrogens with two attached hydrogens (primary N) is 1. The number of hydrogen-bond acceptors (Lipinski definition) is 3. The maximum absolute atomic E-state index is 11.8. The maximum atomic E-state index is 11.8. The van der Waals surface area contributed by atoms with Gasteiger partial charge in [-0.15, -0.1) is 0 Å². The first-order valence-corrected chi connectivity index (χ1v) is 6.59. The first-order valence-electron chi connectivity index (χ1n) is 5.19.